The zero-order valence-corrected chi connectivity index (χ0v) is 18.2. The predicted molar refractivity (Wildman–Crippen MR) is 116 cm³/mol. The Morgan fingerprint density at radius 2 is 1.73 bits per heavy atom. The fourth-order valence-electron chi connectivity index (χ4n) is 6.38. The highest BCUT2D eigenvalue weighted by atomic mass is 35.5. The molecule has 2 aromatic carbocycles. The van der Waals surface area contributed by atoms with Crippen molar-refractivity contribution in [2.75, 3.05) is 7.11 Å². The van der Waals surface area contributed by atoms with Crippen LogP contribution in [0.15, 0.2) is 36.4 Å². The third-order valence-electron chi connectivity index (χ3n) is 7.37. The summed E-state index contributed by atoms with van der Waals surface area (Å²) in [5.74, 6) is 3.68. The predicted octanol–water partition coefficient (Wildman–Crippen LogP) is 6.13. The quantitative estimate of drug-likeness (QED) is 0.574. The Bertz CT molecular complexity index is 876. The molecule has 4 aliphatic carbocycles. The summed E-state index contributed by atoms with van der Waals surface area (Å²) < 4.78 is 25.4. The third kappa shape index (κ3) is 3.92. The largest absolute Gasteiger partial charge is 0.493 e. The second-order valence-electron chi connectivity index (χ2n) is 9.53. The summed E-state index contributed by atoms with van der Waals surface area (Å²) in [4.78, 5) is 0. The van der Waals surface area contributed by atoms with Crippen molar-refractivity contribution in [1.29, 1.82) is 0 Å². The highest BCUT2D eigenvalue weighted by molar-refractivity contribution is 6.31. The van der Waals surface area contributed by atoms with Gasteiger partial charge < -0.3 is 14.8 Å². The van der Waals surface area contributed by atoms with Gasteiger partial charge in [0.05, 0.1) is 12.1 Å². The van der Waals surface area contributed by atoms with Crippen LogP contribution in [-0.4, -0.2) is 12.6 Å². The minimum Gasteiger partial charge on any atom is -0.493 e. The van der Waals surface area contributed by atoms with Crippen molar-refractivity contribution in [1.82, 2.24) is 5.32 Å². The maximum atomic E-state index is 14.0. The van der Waals surface area contributed by atoms with Gasteiger partial charge >= 0.3 is 0 Å². The Morgan fingerprint density at radius 3 is 2.37 bits per heavy atom. The number of nitrogens with one attached hydrogen (secondary N) is 1. The molecule has 1 N–H and O–H groups in total. The van der Waals surface area contributed by atoms with Gasteiger partial charge in [-0.25, -0.2) is 4.39 Å². The van der Waals surface area contributed by atoms with Crippen molar-refractivity contribution < 1.29 is 13.9 Å². The minimum absolute atomic E-state index is 0.0622. The number of hydrogen-bond acceptors (Lipinski definition) is 3. The molecule has 4 bridgehead atoms. The highest BCUT2D eigenvalue weighted by Gasteiger charge is 2.50. The highest BCUT2D eigenvalue weighted by Crippen LogP contribution is 2.55. The summed E-state index contributed by atoms with van der Waals surface area (Å²) in [7, 11) is 1.63. The van der Waals surface area contributed by atoms with Crippen LogP contribution in [-0.2, 0) is 13.2 Å². The molecule has 0 unspecified atom stereocenters. The number of rotatable bonds is 7. The van der Waals surface area contributed by atoms with Gasteiger partial charge in [-0.05, 0) is 86.1 Å². The SMILES string of the molecule is COc1cc(CNC23CC4CC(CC(C4)C2)C3)ccc1OCc1c(F)cccc1Cl. The van der Waals surface area contributed by atoms with Crippen molar-refractivity contribution in [3.63, 3.8) is 0 Å². The molecule has 5 heteroatoms. The minimum atomic E-state index is -0.363. The van der Waals surface area contributed by atoms with E-state index in [-0.39, 0.29) is 12.4 Å². The maximum Gasteiger partial charge on any atom is 0.161 e. The Balaban J connectivity index is 1.25. The Morgan fingerprint density at radius 1 is 1.03 bits per heavy atom. The van der Waals surface area contributed by atoms with Crippen LogP contribution in [0.25, 0.3) is 0 Å². The molecule has 0 atom stereocenters. The first-order chi connectivity index (χ1) is 14.5. The van der Waals surface area contributed by atoms with Gasteiger partial charge in [-0.1, -0.05) is 23.7 Å². The molecule has 4 fully saturated rings. The molecule has 3 nitrogen and oxygen atoms in total. The number of benzene rings is 2. The van der Waals surface area contributed by atoms with Crippen LogP contribution in [0.3, 0.4) is 0 Å². The van der Waals surface area contributed by atoms with Crippen LogP contribution in [0.4, 0.5) is 4.39 Å². The molecule has 0 spiro atoms. The van der Waals surface area contributed by atoms with Gasteiger partial charge in [0.25, 0.3) is 0 Å². The molecule has 4 saturated carbocycles. The van der Waals surface area contributed by atoms with Gasteiger partial charge in [0.2, 0.25) is 0 Å². The molecule has 4 aliphatic rings. The molecule has 160 valence electrons. The van der Waals surface area contributed by atoms with E-state index in [9.17, 15) is 4.39 Å². The Kier molecular flexibility index (Phi) is 5.40. The van der Waals surface area contributed by atoms with E-state index >= 15 is 0 Å². The lowest BCUT2D eigenvalue weighted by Gasteiger charge is -2.57. The molecular formula is C25H29ClFNO2. The zero-order chi connectivity index (χ0) is 20.7. The number of ether oxygens (including phenoxy) is 2. The first-order valence-electron chi connectivity index (χ1n) is 11.0. The maximum absolute atomic E-state index is 14.0. The average molecular weight is 430 g/mol. The zero-order valence-electron chi connectivity index (χ0n) is 17.4. The van der Waals surface area contributed by atoms with Gasteiger partial charge in [-0.15, -0.1) is 0 Å². The number of hydrogen-bond donors (Lipinski definition) is 1. The Labute approximate surface area is 182 Å². The molecule has 0 saturated heterocycles. The van der Waals surface area contributed by atoms with Gasteiger partial charge in [-0.2, -0.15) is 0 Å². The van der Waals surface area contributed by atoms with Gasteiger partial charge in [0.1, 0.15) is 12.4 Å². The summed E-state index contributed by atoms with van der Waals surface area (Å²) >= 11 is 6.11. The Hall–Kier alpha value is -1.78. The standard InChI is InChI=1S/C25H29ClFNO2/c1-29-24-10-16(5-6-23(24)30-15-20-21(26)3-2-4-22(20)27)14-28-25-11-17-7-18(12-25)9-19(8-17)13-25/h2-6,10,17-19,28H,7-9,11-15H2,1H3. The third-order valence-corrected chi connectivity index (χ3v) is 7.72. The van der Waals surface area contributed by atoms with Crippen LogP contribution >= 0.6 is 11.6 Å². The molecule has 0 amide bonds. The van der Waals surface area contributed by atoms with Crippen molar-refractivity contribution in [2.45, 2.75) is 57.2 Å². The van der Waals surface area contributed by atoms with Gasteiger partial charge in [-0.3, -0.25) is 0 Å². The van der Waals surface area contributed by atoms with Gasteiger partial charge in [0, 0.05) is 17.6 Å². The smallest absolute Gasteiger partial charge is 0.161 e. The van der Waals surface area contributed by atoms with E-state index in [0.29, 0.717) is 27.6 Å². The van der Waals surface area contributed by atoms with Crippen LogP contribution in [0.5, 0.6) is 11.5 Å². The van der Waals surface area contributed by atoms with Crippen molar-refractivity contribution in [2.24, 2.45) is 17.8 Å². The lowest BCUT2D eigenvalue weighted by molar-refractivity contribution is -0.0206. The fourth-order valence-corrected chi connectivity index (χ4v) is 6.60. The van der Waals surface area contributed by atoms with Crippen molar-refractivity contribution in [3.8, 4) is 11.5 Å². The molecule has 6 rings (SSSR count). The van der Waals surface area contributed by atoms with Gasteiger partial charge in [0.15, 0.2) is 11.5 Å². The second-order valence-corrected chi connectivity index (χ2v) is 9.93. The number of halogens is 2. The number of methoxy groups -OCH3 is 1. The van der Waals surface area contributed by atoms with Crippen molar-refractivity contribution >= 4 is 11.6 Å². The molecule has 0 heterocycles. The van der Waals surface area contributed by atoms with Crippen LogP contribution < -0.4 is 14.8 Å². The molecular weight excluding hydrogens is 401 g/mol. The normalized spacial score (nSPS) is 29.2. The average Bonchev–Trinajstić information content (AvgIpc) is 2.71. The summed E-state index contributed by atoms with van der Waals surface area (Å²) in [6, 6.07) is 10.6. The molecule has 0 radical (unpaired) electrons. The second kappa shape index (κ2) is 8.05. The van der Waals surface area contributed by atoms with E-state index in [1.165, 1.54) is 50.2 Å². The monoisotopic (exact) mass is 429 g/mol. The van der Waals surface area contributed by atoms with Crippen LogP contribution in [0.2, 0.25) is 5.02 Å². The van der Waals surface area contributed by atoms with E-state index < -0.39 is 0 Å². The molecule has 0 aromatic heterocycles. The van der Waals surface area contributed by atoms with E-state index in [0.717, 1.165) is 24.3 Å². The first-order valence-corrected chi connectivity index (χ1v) is 11.4. The van der Waals surface area contributed by atoms with Crippen LogP contribution in [0, 0.1) is 23.6 Å². The van der Waals surface area contributed by atoms with Crippen molar-refractivity contribution in [3.05, 3.63) is 58.4 Å². The van der Waals surface area contributed by atoms with E-state index in [1.54, 1.807) is 19.2 Å². The van der Waals surface area contributed by atoms with Crippen LogP contribution in [0.1, 0.15) is 49.7 Å². The van der Waals surface area contributed by atoms with E-state index in [4.69, 9.17) is 21.1 Å². The summed E-state index contributed by atoms with van der Waals surface area (Å²) in [6.07, 6.45) is 8.36. The lowest BCUT2D eigenvalue weighted by atomic mass is 9.53. The summed E-state index contributed by atoms with van der Waals surface area (Å²) in [5, 5.41) is 4.29. The molecule has 30 heavy (non-hydrogen) atoms. The summed E-state index contributed by atoms with van der Waals surface area (Å²) in [5.41, 5.74) is 1.87. The molecule has 2 aromatic rings. The topological polar surface area (TPSA) is 30.5 Å². The first kappa shape index (κ1) is 20.1. The lowest BCUT2D eigenvalue weighted by Crippen LogP contribution is -2.58. The van der Waals surface area contributed by atoms with E-state index in [2.05, 4.69) is 11.4 Å². The fraction of sp³-hybridized carbons (Fsp3) is 0.520. The van der Waals surface area contributed by atoms with E-state index in [1.807, 2.05) is 12.1 Å². The summed E-state index contributed by atoms with van der Waals surface area (Å²) in [6.45, 7) is 0.898. The molecule has 0 aliphatic heterocycles.